The maximum Gasteiger partial charge on any atom is 0.338 e. The number of aromatic carboxylic acids is 1. The van der Waals surface area contributed by atoms with E-state index in [1.165, 1.54) is 29.2 Å². The molecule has 0 aliphatic carbocycles. The Balaban J connectivity index is 2.17. The Kier molecular flexibility index (Phi) is 4.24. The van der Waals surface area contributed by atoms with Gasteiger partial charge in [-0.05, 0) is 44.7 Å². The highest BCUT2D eigenvalue weighted by molar-refractivity contribution is 8.01. The molecule has 0 saturated heterocycles. The van der Waals surface area contributed by atoms with Gasteiger partial charge in [0.05, 0.1) is 5.56 Å². The monoisotopic (exact) mass is 310 g/mol. The summed E-state index contributed by atoms with van der Waals surface area (Å²) in [6.07, 6.45) is 1.56. The van der Waals surface area contributed by atoms with Crippen LogP contribution in [0.1, 0.15) is 31.1 Å². The second kappa shape index (κ2) is 5.76. The van der Waals surface area contributed by atoms with Gasteiger partial charge in [-0.15, -0.1) is 10.2 Å². The van der Waals surface area contributed by atoms with E-state index in [-0.39, 0.29) is 11.1 Å². The van der Waals surface area contributed by atoms with Crippen molar-refractivity contribution in [3.63, 3.8) is 0 Å². The van der Waals surface area contributed by atoms with E-state index in [1.54, 1.807) is 12.3 Å². The molecule has 0 amide bonds. The lowest BCUT2D eigenvalue weighted by atomic mass is 10.1. The van der Waals surface area contributed by atoms with Crippen LogP contribution in [0.3, 0.4) is 0 Å². The summed E-state index contributed by atoms with van der Waals surface area (Å²) in [6, 6.07) is 3.12. The van der Waals surface area contributed by atoms with Gasteiger partial charge in [-0.2, -0.15) is 0 Å². The summed E-state index contributed by atoms with van der Waals surface area (Å²) in [5.41, 5.74) is 0.0663. The molecule has 0 saturated carbocycles. The van der Waals surface area contributed by atoms with Gasteiger partial charge < -0.3 is 10.4 Å². The van der Waals surface area contributed by atoms with Crippen LogP contribution in [0.5, 0.6) is 0 Å². The summed E-state index contributed by atoms with van der Waals surface area (Å²) < 4.78 is 0.651. The Bertz CT molecular complexity index is 622. The number of anilines is 1. The van der Waals surface area contributed by atoms with Crippen LogP contribution in [-0.2, 0) is 0 Å². The van der Waals surface area contributed by atoms with Crippen LogP contribution < -0.4 is 5.32 Å². The molecule has 2 heterocycles. The SMILES string of the molecule is CC(C)(C)Nc1nnc(Sc2ncccc2C(=O)O)s1. The molecule has 2 rings (SSSR count). The molecule has 0 unspecified atom stereocenters. The molecule has 0 aliphatic heterocycles. The summed E-state index contributed by atoms with van der Waals surface area (Å²) in [5, 5.41) is 21.5. The van der Waals surface area contributed by atoms with E-state index in [0.29, 0.717) is 14.5 Å². The Labute approximate surface area is 124 Å². The first-order valence-corrected chi connectivity index (χ1v) is 7.46. The van der Waals surface area contributed by atoms with Crippen molar-refractivity contribution in [1.29, 1.82) is 0 Å². The number of hydrogen-bond donors (Lipinski definition) is 2. The Hall–Kier alpha value is -1.67. The van der Waals surface area contributed by atoms with Gasteiger partial charge >= 0.3 is 5.97 Å². The number of pyridine rings is 1. The molecule has 2 aromatic heterocycles. The van der Waals surface area contributed by atoms with Crippen molar-refractivity contribution in [2.75, 3.05) is 5.32 Å². The zero-order valence-electron chi connectivity index (χ0n) is 11.2. The lowest BCUT2D eigenvalue weighted by Crippen LogP contribution is -2.25. The van der Waals surface area contributed by atoms with Gasteiger partial charge in [0, 0.05) is 11.7 Å². The number of nitrogens with zero attached hydrogens (tertiary/aromatic N) is 3. The fourth-order valence-electron chi connectivity index (χ4n) is 1.34. The summed E-state index contributed by atoms with van der Waals surface area (Å²) >= 11 is 2.57. The normalized spacial score (nSPS) is 11.3. The third-order valence-electron chi connectivity index (χ3n) is 2.07. The minimum Gasteiger partial charge on any atom is -0.478 e. The van der Waals surface area contributed by atoms with Crippen LogP contribution in [-0.4, -0.2) is 31.8 Å². The molecule has 0 spiro atoms. The maximum absolute atomic E-state index is 11.1. The van der Waals surface area contributed by atoms with Crippen molar-refractivity contribution in [3.05, 3.63) is 23.9 Å². The van der Waals surface area contributed by atoms with E-state index >= 15 is 0 Å². The van der Waals surface area contributed by atoms with Crippen molar-refractivity contribution in [3.8, 4) is 0 Å². The van der Waals surface area contributed by atoms with Crippen LogP contribution in [0.2, 0.25) is 0 Å². The minimum absolute atomic E-state index is 0.0985. The molecule has 0 bridgehead atoms. The molecule has 6 nitrogen and oxygen atoms in total. The van der Waals surface area contributed by atoms with Gasteiger partial charge in [0.1, 0.15) is 5.03 Å². The van der Waals surface area contributed by atoms with Crippen molar-refractivity contribution >= 4 is 34.2 Å². The van der Waals surface area contributed by atoms with Crippen LogP contribution in [0.4, 0.5) is 5.13 Å². The summed E-state index contributed by atoms with van der Waals surface area (Å²) in [6.45, 7) is 6.09. The molecule has 0 atom stereocenters. The van der Waals surface area contributed by atoms with E-state index in [0.717, 1.165) is 0 Å². The predicted octanol–water partition coefficient (Wildman–Crippen LogP) is 2.99. The standard InChI is InChI=1S/C12H14N4O2S2/c1-12(2,3)14-10-15-16-11(20-10)19-8-7(9(17)18)5-4-6-13-8/h4-6H,1-3H3,(H,14,15)(H,17,18). The molecular formula is C12H14N4O2S2. The van der Waals surface area contributed by atoms with Crippen LogP contribution >= 0.6 is 23.1 Å². The van der Waals surface area contributed by atoms with Gasteiger partial charge in [0.2, 0.25) is 5.13 Å². The third-order valence-corrected chi connectivity index (χ3v) is 3.98. The first-order valence-electron chi connectivity index (χ1n) is 5.83. The topological polar surface area (TPSA) is 88.0 Å². The maximum atomic E-state index is 11.1. The summed E-state index contributed by atoms with van der Waals surface area (Å²) in [5.74, 6) is -1.00. The molecule has 2 aromatic rings. The quantitative estimate of drug-likeness (QED) is 0.897. The summed E-state index contributed by atoms with van der Waals surface area (Å²) in [4.78, 5) is 15.2. The van der Waals surface area contributed by atoms with Gasteiger partial charge in [-0.25, -0.2) is 9.78 Å². The third kappa shape index (κ3) is 3.91. The lowest BCUT2D eigenvalue weighted by molar-refractivity contribution is 0.0692. The highest BCUT2D eigenvalue weighted by Gasteiger charge is 2.16. The van der Waals surface area contributed by atoms with Gasteiger partial charge in [0.15, 0.2) is 4.34 Å². The number of aromatic nitrogens is 3. The molecule has 0 aromatic carbocycles. The van der Waals surface area contributed by atoms with Gasteiger partial charge in [-0.3, -0.25) is 0 Å². The molecular weight excluding hydrogens is 296 g/mol. The molecule has 2 N–H and O–H groups in total. The Morgan fingerprint density at radius 2 is 2.15 bits per heavy atom. The van der Waals surface area contributed by atoms with Gasteiger partial charge in [-0.1, -0.05) is 11.3 Å². The van der Waals surface area contributed by atoms with Crippen LogP contribution in [0, 0.1) is 0 Å². The van der Waals surface area contributed by atoms with E-state index < -0.39 is 5.97 Å². The van der Waals surface area contributed by atoms with E-state index in [1.807, 2.05) is 20.8 Å². The summed E-state index contributed by atoms with van der Waals surface area (Å²) in [7, 11) is 0. The number of nitrogens with one attached hydrogen (secondary N) is 1. The smallest absolute Gasteiger partial charge is 0.338 e. The van der Waals surface area contributed by atoms with Crippen molar-refractivity contribution < 1.29 is 9.90 Å². The van der Waals surface area contributed by atoms with Crippen molar-refractivity contribution in [2.24, 2.45) is 0 Å². The number of hydrogen-bond acceptors (Lipinski definition) is 7. The van der Waals surface area contributed by atoms with Crippen LogP contribution in [0.15, 0.2) is 27.7 Å². The number of carboxylic acids is 1. The number of carboxylic acid groups (broad SMARTS) is 1. The zero-order chi connectivity index (χ0) is 14.8. The highest BCUT2D eigenvalue weighted by Crippen LogP contribution is 2.33. The largest absolute Gasteiger partial charge is 0.478 e. The molecule has 0 aliphatic rings. The van der Waals surface area contributed by atoms with Gasteiger partial charge in [0.25, 0.3) is 0 Å². The molecule has 20 heavy (non-hydrogen) atoms. The second-order valence-corrected chi connectivity index (χ2v) is 7.22. The predicted molar refractivity (Wildman–Crippen MR) is 78.6 cm³/mol. The average molecular weight is 310 g/mol. The molecule has 0 fully saturated rings. The molecule has 106 valence electrons. The van der Waals surface area contributed by atoms with Crippen molar-refractivity contribution in [1.82, 2.24) is 15.2 Å². The fourth-order valence-corrected chi connectivity index (χ4v) is 3.29. The average Bonchev–Trinajstić information content (AvgIpc) is 2.74. The van der Waals surface area contributed by atoms with E-state index in [9.17, 15) is 4.79 Å². The highest BCUT2D eigenvalue weighted by atomic mass is 32.2. The van der Waals surface area contributed by atoms with Crippen molar-refractivity contribution in [2.45, 2.75) is 35.7 Å². The number of carbonyl (C=O) groups is 1. The zero-order valence-corrected chi connectivity index (χ0v) is 12.9. The molecule has 0 radical (unpaired) electrons. The molecule has 8 heteroatoms. The first kappa shape index (κ1) is 14.7. The lowest BCUT2D eigenvalue weighted by Gasteiger charge is -2.18. The van der Waals surface area contributed by atoms with Crippen LogP contribution in [0.25, 0.3) is 0 Å². The van der Waals surface area contributed by atoms with E-state index in [4.69, 9.17) is 5.11 Å². The number of rotatable bonds is 4. The Morgan fingerprint density at radius 3 is 2.80 bits per heavy atom. The minimum atomic E-state index is -1.00. The Morgan fingerprint density at radius 1 is 1.40 bits per heavy atom. The first-order chi connectivity index (χ1) is 9.35. The van der Waals surface area contributed by atoms with E-state index in [2.05, 4.69) is 20.5 Å². The second-order valence-electron chi connectivity index (χ2n) is 5.01. The fraction of sp³-hybridized carbons (Fsp3) is 0.333.